The van der Waals surface area contributed by atoms with Gasteiger partial charge in [0.05, 0.1) is 12.4 Å². The Kier molecular flexibility index (Phi) is 4.01. The molecule has 0 aliphatic heterocycles. The molecule has 1 aromatic rings. The molecule has 6 nitrogen and oxygen atoms in total. The van der Waals surface area contributed by atoms with Crippen LogP contribution in [0.25, 0.3) is 0 Å². The van der Waals surface area contributed by atoms with Gasteiger partial charge in [-0.1, -0.05) is 6.92 Å². The minimum absolute atomic E-state index is 0.165. The monoisotopic (exact) mass is 237 g/mol. The summed E-state index contributed by atoms with van der Waals surface area (Å²) in [6.45, 7) is 6.04. The zero-order chi connectivity index (χ0) is 13.1. The van der Waals surface area contributed by atoms with Gasteiger partial charge < -0.3 is 10.3 Å². The third-order valence-electron chi connectivity index (χ3n) is 3.08. The van der Waals surface area contributed by atoms with Crippen molar-refractivity contribution in [1.29, 1.82) is 0 Å². The summed E-state index contributed by atoms with van der Waals surface area (Å²) >= 11 is 0. The summed E-state index contributed by atoms with van der Waals surface area (Å²) in [6.07, 6.45) is 3.75. The van der Waals surface area contributed by atoms with Crippen LogP contribution >= 0.6 is 0 Å². The number of nitrogens with zero attached hydrogens (tertiary/aromatic N) is 3. The van der Waals surface area contributed by atoms with E-state index >= 15 is 0 Å². The van der Waals surface area contributed by atoms with Crippen LogP contribution in [0.15, 0.2) is 12.4 Å². The van der Waals surface area contributed by atoms with E-state index in [9.17, 15) is 4.79 Å². The van der Waals surface area contributed by atoms with Crippen molar-refractivity contribution in [3.63, 3.8) is 0 Å². The van der Waals surface area contributed by atoms with E-state index < -0.39 is 0 Å². The Morgan fingerprint density at radius 2 is 2.18 bits per heavy atom. The van der Waals surface area contributed by atoms with Gasteiger partial charge in [-0.25, -0.2) is 10.8 Å². The summed E-state index contributed by atoms with van der Waals surface area (Å²) in [7, 11) is 1.76. The standard InChI is InChI=1S/C11H19N5O/c1-5-11(2,3)16(4)10(17)8-6-13-7-9(14-8)15-12/h6-7H,5,12H2,1-4H3,(H,14,15). The van der Waals surface area contributed by atoms with Crippen molar-refractivity contribution in [1.82, 2.24) is 14.9 Å². The average molecular weight is 237 g/mol. The quantitative estimate of drug-likeness (QED) is 0.603. The van der Waals surface area contributed by atoms with Gasteiger partial charge in [0.25, 0.3) is 5.91 Å². The highest BCUT2D eigenvalue weighted by Crippen LogP contribution is 2.18. The maximum atomic E-state index is 12.2. The first-order valence-corrected chi connectivity index (χ1v) is 5.49. The van der Waals surface area contributed by atoms with Gasteiger partial charge in [-0.15, -0.1) is 0 Å². The Morgan fingerprint density at radius 3 is 2.71 bits per heavy atom. The molecule has 0 aliphatic carbocycles. The fourth-order valence-corrected chi connectivity index (χ4v) is 1.22. The Morgan fingerprint density at radius 1 is 1.53 bits per heavy atom. The molecule has 0 aliphatic rings. The number of nitrogens with two attached hydrogens (primary N) is 1. The molecule has 0 fully saturated rings. The predicted molar refractivity (Wildman–Crippen MR) is 66.3 cm³/mol. The molecule has 1 amide bonds. The number of nitrogens with one attached hydrogen (secondary N) is 1. The van der Waals surface area contributed by atoms with E-state index in [1.165, 1.54) is 12.4 Å². The largest absolute Gasteiger partial charge is 0.335 e. The van der Waals surface area contributed by atoms with E-state index in [-0.39, 0.29) is 17.1 Å². The van der Waals surface area contributed by atoms with Crippen molar-refractivity contribution >= 4 is 11.7 Å². The molecule has 0 unspecified atom stereocenters. The number of carbonyl (C=O) groups is 1. The lowest BCUT2D eigenvalue weighted by molar-refractivity contribution is 0.0614. The van der Waals surface area contributed by atoms with E-state index in [4.69, 9.17) is 5.84 Å². The zero-order valence-corrected chi connectivity index (χ0v) is 10.7. The number of aromatic nitrogens is 2. The highest BCUT2D eigenvalue weighted by Gasteiger charge is 2.27. The molecule has 0 saturated heterocycles. The molecular formula is C11H19N5O. The molecule has 0 spiro atoms. The minimum Gasteiger partial charge on any atom is -0.335 e. The summed E-state index contributed by atoms with van der Waals surface area (Å²) in [6, 6.07) is 0. The van der Waals surface area contributed by atoms with Gasteiger partial charge in [0, 0.05) is 12.6 Å². The Labute approximate surface area is 101 Å². The lowest BCUT2D eigenvalue weighted by Crippen LogP contribution is -2.44. The van der Waals surface area contributed by atoms with Gasteiger partial charge in [-0.3, -0.25) is 9.78 Å². The van der Waals surface area contributed by atoms with Crippen LogP contribution in [0.4, 0.5) is 5.82 Å². The normalized spacial score (nSPS) is 11.1. The van der Waals surface area contributed by atoms with Crippen molar-refractivity contribution in [2.45, 2.75) is 32.7 Å². The van der Waals surface area contributed by atoms with Crippen molar-refractivity contribution in [2.75, 3.05) is 12.5 Å². The first-order valence-electron chi connectivity index (χ1n) is 5.49. The van der Waals surface area contributed by atoms with Crippen LogP contribution in [0.2, 0.25) is 0 Å². The van der Waals surface area contributed by atoms with E-state index in [0.717, 1.165) is 6.42 Å². The van der Waals surface area contributed by atoms with E-state index in [2.05, 4.69) is 15.4 Å². The first kappa shape index (κ1) is 13.4. The molecule has 6 heteroatoms. The summed E-state index contributed by atoms with van der Waals surface area (Å²) in [4.78, 5) is 21.8. The molecule has 0 aromatic carbocycles. The van der Waals surface area contributed by atoms with Gasteiger partial charge in [0.2, 0.25) is 0 Å². The number of nitrogen functional groups attached to an aromatic ring is 1. The van der Waals surface area contributed by atoms with Crippen LogP contribution in [-0.4, -0.2) is 33.4 Å². The van der Waals surface area contributed by atoms with Gasteiger partial charge in [-0.2, -0.15) is 0 Å². The second-order valence-corrected chi connectivity index (χ2v) is 4.46. The van der Waals surface area contributed by atoms with Crippen LogP contribution < -0.4 is 11.3 Å². The summed E-state index contributed by atoms with van der Waals surface area (Å²) in [5.74, 6) is 5.44. The van der Waals surface area contributed by atoms with Crippen molar-refractivity contribution < 1.29 is 4.79 Å². The zero-order valence-electron chi connectivity index (χ0n) is 10.7. The maximum absolute atomic E-state index is 12.2. The Hall–Kier alpha value is -1.69. The number of amides is 1. The van der Waals surface area contributed by atoms with Crippen LogP contribution in [-0.2, 0) is 0 Å². The molecule has 1 heterocycles. The van der Waals surface area contributed by atoms with Crippen molar-refractivity contribution in [3.8, 4) is 0 Å². The highest BCUT2D eigenvalue weighted by atomic mass is 16.2. The second-order valence-electron chi connectivity index (χ2n) is 4.46. The van der Waals surface area contributed by atoms with Crippen LogP contribution in [0, 0.1) is 0 Å². The minimum atomic E-state index is -0.217. The van der Waals surface area contributed by atoms with Crippen molar-refractivity contribution in [3.05, 3.63) is 18.1 Å². The fourth-order valence-electron chi connectivity index (χ4n) is 1.22. The third-order valence-corrected chi connectivity index (χ3v) is 3.08. The first-order chi connectivity index (χ1) is 7.92. The number of hydrogen-bond donors (Lipinski definition) is 2. The summed E-state index contributed by atoms with van der Waals surface area (Å²) in [5, 5.41) is 0. The lowest BCUT2D eigenvalue weighted by atomic mass is 10.00. The molecule has 1 rings (SSSR count). The lowest BCUT2D eigenvalue weighted by Gasteiger charge is -2.34. The van der Waals surface area contributed by atoms with E-state index in [1.807, 2.05) is 20.8 Å². The number of anilines is 1. The third kappa shape index (κ3) is 2.91. The molecule has 0 saturated carbocycles. The molecule has 94 valence electrons. The predicted octanol–water partition coefficient (Wildman–Crippen LogP) is 1.02. The van der Waals surface area contributed by atoms with E-state index in [1.54, 1.807) is 11.9 Å². The van der Waals surface area contributed by atoms with Gasteiger partial charge in [0.15, 0.2) is 5.82 Å². The SMILES string of the molecule is CCC(C)(C)N(C)C(=O)c1cncc(NN)n1. The summed E-state index contributed by atoms with van der Waals surface area (Å²) < 4.78 is 0. The smallest absolute Gasteiger partial charge is 0.274 e. The number of hydrazine groups is 1. The van der Waals surface area contributed by atoms with Crippen LogP contribution in [0.3, 0.4) is 0 Å². The Balaban J connectivity index is 2.96. The van der Waals surface area contributed by atoms with Gasteiger partial charge in [-0.05, 0) is 20.3 Å². The number of carbonyl (C=O) groups excluding carboxylic acids is 1. The number of rotatable bonds is 4. The number of hydrogen-bond acceptors (Lipinski definition) is 5. The molecule has 0 atom stereocenters. The second kappa shape index (κ2) is 5.09. The summed E-state index contributed by atoms with van der Waals surface area (Å²) in [5.41, 5.74) is 2.43. The van der Waals surface area contributed by atoms with Crippen LogP contribution in [0.1, 0.15) is 37.7 Å². The molecule has 0 bridgehead atoms. The highest BCUT2D eigenvalue weighted by molar-refractivity contribution is 5.92. The van der Waals surface area contributed by atoms with E-state index in [0.29, 0.717) is 5.82 Å². The van der Waals surface area contributed by atoms with Gasteiger partial charge in [0.1, 0.15) is 5.69 Å². The fraction of sp³-hybridized carbons (Fsp3) is 0.545. The molecule has 3 N–H and O–H groups in total. The van der Waals surface area contributed by atoms with Gasteiger partial charge >= 0.3 is 0 Å². The average Bonchev–Trinajstić information content (AvgIpc) is 2.37. The van der Waals surface area contributed by atoms with Crippen LogP contribution in [0.5, 0.6) is 0 Å². The molecule has 17 heavy (non-hydrogen) atoms. The Bertz CT molecular complexity index is 405. The molecule has 1 aromatic heterocycles. The topological polar surface area (TPSA) is 84.1 Å². The molecule has 0 radical (unpaired) electrons. The molecular weight excluding hydrogens is 218 g/mol. The van der Waals surface area contributed by atoms with Crippen molar-refractivity contribution in [2.24, 2.45) is 5.84 Å². The maximum Gasteiger partial charge on any atom is 0.274 e.